The highest BCUT2D eigenvalue weighted by Crippen LogP contribution is 2.39. The maximum absolute atomic E-state index is 12.9. The van der Waals surface area contributed by atoms with Crippen molar-refractivity contribution in [3.8, 4) is 0 Å². The van der Waals surface area contributed by atoms with Gasteiger partial charge in [-0.1, -0.05) is 18.2 Å². The van der Waals surface area contributed by atoms with Crippen LogP contribution in [0.3, 0.4) is 0 Å². The summed E-state index contributed by atoms with van der Waals surface area (Å²) in [5, 5.41) is 0. The van der Waals surface area contributed by atoms with Crippen LogP contribution in [0.2, 0.25) is 0 Å². The molecule has 1 aromatic rings. The van der Waals surface area contributed by atoms with E-state index in [1.807, 2.05) is 32.0 Å². The fraction of sp³-hybridized carbons (Fsp3) is 0.533. The van der Waals surface area contributed by atoms with E-state index in [0.717, 1.165) is 11.1 Å². The highest BCUT2D eigenvalue weighted by molar-refractivity contribution is 7.95. The molecule has 2 rings (SSSR count). The van der Waals surface area contributed by atoms with Crippen LogP contribution in [0.4, 0.5) is 5.69 Å². The van der Waals surface area contributed by atoms with Gasteiger partial charge in [0.2, 0.25) is 0 Å². The van der Waals surface area contributed by atoms with E-state index < -0.39 is 20.7 Å². The normalized spacial score (nSPS) is 24.1. The summed E-state index contributed by atoms with van der Waals surface area (Å²) in [5.74, 6) is -0.668. The Kier molecular flexibility index (Phi) is 4.02. The van der Waals surface area contributed by atoms with Crippen LogP contribution in [0, 0.1) is 13.8 Å². The molecule has 0 aliphatic carbocycles. The molecule has 0 bridgehead atoms. The first kappa shape index (κ1) is 15.8. The minimum atomic E-state index is -3.79. The van der Waals surface area contributed by atoms with Gasteiger partial charge in [-0.3, -0.25) is 9.10 Å². The fourth-order valence-corrected chi connectivity index (χ4v) is 4.69. The molecule has 0 saturated carbocycles. The number of rotatable bonds is 3. The SMILES string of the molecule is CCOC(=O)C1(C)CCN(c2c(C)cccc2C)S1(=O)=O. The van der Waals surface area contributed by atoms with Crippen LogP contribution in [-0.4, -0.2) is 32.3 Å². The van der Waals surface area contributed by atoms with Crippen molar-refractivity contribution in [2.45, 2.75) is 38.9 Å². The summed E-state index contributed by atoms with van der Waals surface area (Å²) in [7, 11) is -3.79. The Bertz CT molecular complexity index is 648. The van der Waals surface area contributed by atoms with Gasteiger partial charge in [0.05, 0.1) is 12.3 Å². The molecule has 0 amide bonds. The first-order chi connectivity index (χ1) is 9.75. The summed E-state index contributed by atoms with van der Waals surface area (Å²) in [5.41, 5.74) is 2.43. The Morgan fingerprint density at radius 2 is 1.90 bits per heavy atom. The van der Waals surface area contributed by atoms with Crippen LogP contribution in [0.1, 0.15) is 31.4 Å². The number of hydrogen-bond donors (Lipinski definition) is 0. The fourth-order valence-electron chi connectivity index (χ4n) is 2.73. The van der Waals surface area contributed by atoms with Gasteiger partial charge in [-0.2, -0.15) is 0 Å². The van der Waals surface area contributed by atoms with E-state index in [1.54, 1.807) is 6.92 Å². The molecule has 1 fully saturated rings. The lowest BCUT2D eigenvalue weighted by atomic mass is 10.1. The van der Waals surface area contributed by atoms with Crippen molar-refractivity contribution < 1.29 is 17.9 Å². The average Bonchev–Trinajstić information content (AvgIpc) is 2.63. The van der Waals surface area contributed by atoms with Gasteiger partial charge in [-0.25, -0.2) is 8.42 Å². The molecule has 1 unspecified atom stereocenters. The minimum absolute atomic E-state index is 0.174. The van der Waals surface area contributed by atoms with E-state index >= 15 is 0 Å². The number of esters is 1. The Balaban J connectivity index is 2.50. The highest BCUT2D eigenvalue weighted by Gasteiger charge is 2.56. The number of sulfonamides is 1. The molecule has 0 aromatic heterocycles. The van der Waals surface area contributed by atoms with E-state index in [2.05, 4.69) is 0 Å². The second-order valence-electron chi connectivity index (χ2n) is 5.52. The van der Waals surface area contributed by atoms with Crippen molar-refractivity contribution >= 4 is 21.7 Å². The van der Waals surface area contributed by atoms with Gasteiger partial charge in [0.25, 0.3) is 10.0 Å². The van der Waals surface area contributed by atoms with Gasteiger partial charge in [0.15, 0.2) is 4.75 Å². The smallest absolute Gasteiger partial charge is 0.329 e. The molecule has 5 nitrogen and oxygen atoms in total. The molecule has 0 spiro atoms. The molecule has 0 radical (unpaired) electrons. The molecular weight excluding hydrogens is 290 g/mol. The second kappa shape index (κ2) is 5.33. The largest absolute Gasteiger partial charge is 0.465 e. The highest BCUT2D eigenvalue weighted by atomic mass is 32.2. The standard InChI is InChI=1S/C15H21NO4S/c1-5-20-14(17)15(4)9-10-16(21(15,18)19)13-11(2)7-6-8-12(13)3/h6-8H,5,9-10H2,1-4H3. The van der Waals surface area contributed by atoms with Gasteiger partial charge >= 0.3 is 5.97 Å². The maximum atomic E-state index is 12.9. The molecule has 1 saturated heterocycles. The molecule has 0 N–H and O–H groups in total. The number of carbonyl (C=O) groups excluding carboxylic acids is 1. The van der Waals surface area contributed by atoms with Crippen LogP contribution in [-0.2, 0) is 19.6 Å². The van der Waals surface area contributed by atoms with Gasteiger partial charge in [-0.15, -0.1) is 0 Å². The zero-order valence-corrected chi connectivity index (χ0v) is 13.7. The number of carbonyl (C=O) groups is 1. The van der Waals surface area contributed by atoms with Crippen LogP contribution >= 0.6 is 0 Å². The van der Waals surface area contributed by atoms with Crippen molar-refractivity contribution in [1.29, 1.82) is 0 Å². The van der Waals surface area contributed by atoms with Gasteiger partial charge in [-0.05, 0) is 45.2 Å². The number of para-hydroxylation sites is 1. The van der Waals surface area contributed by atoms with Crippen molar-refractivity contribution in [3.05, 3.63) is 29.3 Å². The molecule has 1 atom stereocenters. The number of aryl methyl sites for hydroxylation is 2. The van der Waals surface area contributed by atoms with Crippen molar-refractivity contribution in [2.24, 2.45) is 0 Å². The number of anilines is 1. The zero-order valence-electron chi connectivity index (χ0n) is 12.8. The van der Waals surface area contributed by atoms with E-state index in [1.165, 1.54) is 11.2 Å². The summed E-state index contributed by atoms with van der Waals surface area (Å²) in [6.07, 6.45) is 0.238. The third kappa shape index (κ3) is 2.31. The molecular formula is C15H21NO4S. The summed E-state index contributed by atoms with van der Waals surface area (Å²) in [4.78, 5) is 12.1. The number of ether oxygens (including phenoxy) is 1. The molecule has 1 aliphatic rings. The van der Waals surface area contributed by atoms with Crippen LogP contribution in [0.25, 0.3) is 0 Å². The molecule has 116 valence electrons. The van der Waals surface area contributed by atoms with Crippen LogP contribution < -0.4 is 4.31 Å². The van der Waals surface area contributed by atoms with E-state index in [-0.39, 0.29) is 13.0 Å². The lowest BCUT2D eigenvalue weighted by Gasteiger charge is -2.26. The topological polar surface area (TPSA) is 63.7 Å². The predicted octanol–water partition coefficient (Wildman–Crippen LogP) is 2.17. The minimum Gasteiger partial charge on any atom is -0.465 e. The van der Waals surface area contributed by atoms with Crippen LogP contribution in [0.5, 0.6) is 0 Å². The van der Waals surface area contributed by atoms with E-state index in [0.29, 0.717) is 12.2 Å². The summed E-state index contributed by atoms with van der Waals surface area (Å²) in [6, 6.07) is 5.64. The monoisotopic (exact) mass is 311 g/mol. The first-order valence-electron chi connectivity index (χ1n) is 7.01. The third-order valence-electron chi connectivity index (χ3n) is 4.05. The summed E-state index contributed by atoms with van der Waals surface area (Å²) < 4.78 is 30.5. The molecule has 1 aromatic carbocycles. The Morgan fingerprint density at radius 3 is 2.43 bits per heavy atom. The summed E-state index contributed by atoms with van der Waals surface area (Å²) >= 11 is 0. The third-order valence-corrected chi connectivity index (χ3v) is 6.50. The Morgan fingerprint density at radius 1 is 1.33 bits per heavy atom. The van der Waals surface area contributed by atoms with Crippen molar-refractivity contribution in [3.63, 3.8) is 0 Å². The van der Waals surface area contributed by atoms with Crippen LogP contribution in [0.15, 0.2) is 18.2 Å². The number of nitrogens with zero attached hydrogens (tertiary/aromatic N) is 1. The molecule has 6 heteroatoms. The zero-order chi connectivity index (χ0) is 15.8. The quantitative estimate of drug-likeness (QED) is 0.803. The first-order valence-corrected chi connectivity index (χ1v) is 8.45. The number of benzene rings is 1. The Hall–Kier alpha value is -1.56. The summed E-state index contributed by atoms with van der Waals surface area (Å²) in [6.45, 7) is 7.34. The molecule has 1 aliphatic heterocycles. The van der Waals surface area contributed by atoms with Crippen molar-refractivity contribution in [1.82, 2.24) is 0 Å². The van der Waals surface area contributed by atoms with Gasteiger partial charge < -0.3 is 4.74 Å². The second-order valence-corrected chi connectivity index (χ2v) is 7.81. The molecule has 1 heterocycles. The predicted molar refractivity (Wildman–Crippen MR) is 81.8 cm³/mol. The number of hydrogen-bond acceptors (Lipinski definition) is 4. The average molecular weight is 311 g/mol. The lowest BCUT2D eigenvalue weighted by molar-refractivity contribution is -0.145. The Labute approximate surface area is 126 Å². The van der Waals surface area contributed by atoms with E-state index in [9.17, 15) is 13.2 Å². The van der Waals surface area contributed by atoms with Gasteiger partial charge in [0, 0.05) is 6.54 Å². The molecule has 21 heavy (non-hydrogen) atoms. The lowest BCUT2D eigenvalue weighted by Crippen LogP contribution is -2.45. The van der Waals surface area contributed by atoms with Gasteiger partial charge in [0.1, 0.15) is 0 Å². The van der Waals surface area contributed by atoms with E-state index in [4.69, 9.17) is 4.74 Å². The van der Waals surface area contributed by atoms with Crippen molar-refractivity contribution in [2.75, 3.05) is 17.5 Å². The maximum Gasteiger partial charge on any atom is 0.329 e.